The van der Waals surface area contributed by atoms with Crippen LogP contribution in [0.1, 0.15) is 11.1 Å². The molecule has 31 heavy (non-hydrogen) atoms. The number of fused-ring (bicyclic) bond motifs is 6. The van der Waals surface area contributed by atoms with Crippen LogP contribution in [-0.4, -0.2) is 0 Å². The van der Waals surface area contributed by atoms with E-state index >= 15 is 0 Å². The van der Waals surface area contributed by atoms with Gasteiger partial charge < -0.3 is 0 Å². The van der Waals surface area contributed by atoms with Crippen LogP contribution < -0.4 is 0 Å². The van der Waals surface area contributed by atoms with Crippen molar-refractivity contribution in [2.45, 2.75) is 13.8 Å². The van der Waals surface area contributed by atoms with Crippen LogP contribution in [0.3, 0.4) is 0 Å². The van der Waals surface area contributed by atoms with Gasteiger partial charge >= 0.3 is 26.2 Å². The summed E-state index contributed by atoms with van der Waals surface area (Å²) in [7, 11) is 0. The molecule has 0 fully saturated rings. The Labute approximate surface area is 215 Å². The molecule has 0 saturated carbocycles. The average Bonchev–Trinajstić information content (AvgIpc) is 3.29. The molecule has 0 radical (unpaired) electrons. The summed E-state index contributed by atoms with van der Waals surface area (Å²) in [5.74, 6) is 0. The minimum atomic E-state index is 0. The maximum atomic E-state index is 2.28. The largest absolute Gasteiger partial charge is 2.00 e. The maximum absolute atomic E-state index is 2.28. The van der Waals surface area contributed by atoms with Gasteiger partial charge in [-0.1, -0.05) is 83.9 Å². The van der Waals surface area contributed by atoms with Crippen molar-refractivity contribution in [2.24, 2.45) is 0 Å². The molecule has 0 heterocycles. The van der Waals surface area contributed by atoms with E-state index in [1.54, 1.807) is 0 Å². The summed E-state index contributed by atoms with van der Waals surface area (Å²) >= 11 is 0. The molecule has 4 aliphatic rings. The van der Waals surface area contributed by atoms with Crippen LogP contribution in [0, 0.1) is 13.8 Å². The minimum Gasteiger partial charge on any atom is -0.147 e. The van der Waals surface area contributed by atoms with E-state index in [4.69, 9.17) is 0 Å². The summed E-state index contributed by atoms with van der Waals surface area (Å²) in [4.78, 5) is 0. The van der Waals surface area contributed by atoms with Crippen LogP contribution in [0.2, 0.25) is 0 Å². The molecule has 0 aromatic heterocycles. The van der Waals surface area contributed by atoms with Crippen molar-refractivity contribution in [3.8, 4) is 22.3 Å². The molecule has 0 saturated heterocycles. The van der Waals surface area contributed by atoms with Crippen molar-refractivity contribution in [1.82, 2.24) is 0 Å². The van der Waals surface area contributed by atoms with Crippen molar-refractivity contribution >= 4 is 46.4 Å². The third kappa shape index (κ3) is 4.65. The molecule has 2 aromatic carbocycles. The average molecular weight is 523 g/mol. The van der Waals surface area contributed by atoms with Crippen molar-refractivity contribution in [3.63, 3.8) is 0 Å². The second kappa shape index (κ2) is 10.6. The topological polar surface area (TPSA) is 0 Å². The molecular formula is C28H24Cl2Zr. The Kier molecular flexibility index (Phi) is 8.67. The van der Waals surface area contributed by atoms with Gasteiger partial charge in [-0.25, -0.2) is 0 Å². The Hall–Kier alpha value is -1.92. The van der Waals surface area contributed by atoms with E-state index in [-0.39, 0.29) is 51.0 Å². The van der Waals surface area contributed by atoms with Crippen LogP contribution in [0.15, 0.2) is 97.1 Å². The normalized spacial score (nSPS) is 10.1. The van der Waals surface area contributed by atoms with Crippen LogP contribution in [-0.2, 0) is 26.2 Å². The molecule has 0 amide bonds. The van der Waals surface area contributed by atoms with Gasteiger partial charge in [0.1, 0.15) is 0 Å². The quantitative estimate of drug-likeness (QED) is 0.175. The van der Waals surface area contributed by atoms with Crippen molar-refractivity contribution in [1.29, 1.82) is 0 Å². The first-order valence-corrected chi connectivity index (χ1v) is 9.80. The summed E-state index contributed by atoms with van der Waals surface area (Å²) < 4.78 is 0. The van der Waals surface area contributed by atoms with E-state index in [1.165, 1.54) is 54.9 Å². The van der Waals surface area contributed by atoms with Gasteiger partial charge in [0.2, 0.25) is 0 Å². The summed E-state index contributed by atoms with van der Waals surface area (Å²) in [5.41, 5.74) is 8.24. The van der Waals surface area contributed by atoms with Gasteiger partial charge in [0.05, 0.1) is 0 Å². The zero-order valence-electron chi connectivity index (χ0n) is 17.6. The van der Waals surface area contributed by atoms with Gasteiger partial charge in [-0.3, -0.25) is 0 Å². The number of benzene rings is 4. The van der Waals surface area contributed by atoms with Crippen molar-refractivity contribution < 1.29 is 26.2 Å². The smallest absolute Gasteiger partial charge is 0.147 e. The number of aryl methyl sites for hydroxylation is 2. The SMILES string of the molecule is C[c-]1cccc2c3ccccc3cc1-2.C[c-]1cccc2c3ccccc3cc1-2.Cl.Cl.[Zr+2]. The van der Waals surface area contributed by atoms with Gasteiger partial charge in [0.15, 0.2) is 0 Å². The van der Waals surface area contributed by atoms with Crippen LogP contribution >= 0.6 is 24.8 Å². The molecule has 4 aliphatic carbocycles. The molecule has 154 valence electrons. The van der Waals surface area contributed by atoms with Crippen LogP contribution in [0.4, 0.5) is 0 Å². The summed E-state index contributed by atoms with van der Waals surface area (Å²) in [6.07, 6.45) is 0. The number of hydrogen-bond donors (Lipinski definition) is 0. The van der Waals surface area contributed by atoms with E-state index in [0.29, 0.717) is 0 Å². The fraction of sp³-hybridized carbons (Fsp3) is 0.0714. The molecule has 0 atom stereocenters. The van der Waals surface area contributed by atoms with E-state index in [1.807, 2.05) is 0 Å². The Bertz CT molecular complexity index is 1240. The third-order valence-electron chi connectivity index (χ3n) is 5.75. The first kappa shape index (κ1) is 25.3. The van der Waals surface area contributed by atoms with Crippen LogP contribution in [0.25, 0.3) is 43.8 Å². The first-order chi connectivity index (χ1) is 13.7. The molecule has 0 N–H and O–H groups in total. The standard InChI is InChI=1S/2C14H11.2ClH.Zr/c2*1-10-5-4-8-13-12-7-3-2-6-11(12)9-14(10)13;;;/h2*2-9H,1H3;2*1H;/q2*-1;;;+2. The second-order valence-electron chi connectivity index (χ2n) is 7.54. The van der Waals surface area contributed by atoms with Gasteiger partial charge in [0.25, 0.3) is 0 Å². The maximum Gasteiger partial charge on any atom is 2.00 e. The zero-order chi connectivity index (χ0) is 19.1. The predicted molar refractivity (Wildman–Crippen MR) is 136 cm³/mol. The van der Waals surface area contributed by atoms with Gasteiger partial charge in [-0.2, -0.15) is 0 Å². The van der Waals surface area contributed by atoms with E-state index in [9.17, 15) is 0 Å². The number of rotatable bonds is 0. The van der Waals surface area contributed by atoms with E-state index in [0.717, 1.165) is 0 Å². The Morgan fingerprint density at radius 2 is 0.903 bits per heavy atom. The monoisotopic (exact) mass is 520 g/mol. The Balaban J connectivity index is 0.000000201. The Morgan fingerprint density at radius 3 is 1.32 bits per heavy atom. The molecule has 0 aliphatic heterocycles. The first-order valence-electron chi connectivity index (χ1n) is 9.80. The van der Waals surface area contributed by atoms with Crippen LogP contribution in [0.5, 0.6) is 0 Å². The fourth-order valence-corrected chi connectivity index (χ4v) is 4.26. The molecular weight excluding hydrogens is 498 g/mol. The number of hydrogen-bond acceptors (Lipinski definition) is 0. The van der Waals surface area contributed by atoms with Crippen molar-refractivity contribution in [3.05, 3.63) is 108 Å². The minimum absolute atomic E-state index is 0. The van der Waals surface area contributed by atoms with Crippen molar-refractivity contribution in [2.75, 3.05) is 0 Å². The summed E-state index contributed by atoms with van der Waals surface area (Å²) in [6, 6.07) is 34.7. The van der Waals surface area contributed by atoms with E-state index < -0.39 is 0 Å². The summed E-state index contributed by atoms with van der Waals surface area (Å²) in [5, 5.41) is 5.42. The van der Waals surface area contributed by atoms with Gasteiger partial charge in [0, 0.05) is 0 Å². The molecule has 0 unspecified atom stereocenters. The number of halogens is 2. The predicted octanol–water partition coefficient (Wildman–Crippen LogP) is 8.78. The van der Waals surface area contributed by atoms with Gasteiger partial charge in [-0.15, -0.1) is 107 Å². The molecule has 2 aromatic rings. The summed E-state index contributed by atoms with van der Waals surface area (Å²) in [6.45, 7) is 4.34. The fourth-order valence-electron chi connectivity index (χ4n) is 4.26. The molecule has 3 heteroatoms. The van der Waals surface area contributed by atoms with Gasteiger partial charge in [-0.05, 0) is 0 Å². The molecule has 0 bridgehead atoms. The molecule has 0 nitrogen and oxygen atoms in total. The van der Waals surface area contributed by atoms with E-state index in [2.05, 4.69) is 111 Å². The second-order valence-corrected chi connectivity index (χ2v) is 7.54. The molecule has 6 rings (SSSR count). The Morgan fingerprint density at radius 1 is 0.516 bits per heavy atom. The molecule has 0 spiro atoms. The third-order valence-corrected chi connectivity index (χ3v) is 5.75. The zero-order valence-corrected chi connectivity index (χ0v) is 21.6.